The average molecular weight is 293 g/mol. The van der Waals surface area contributed by atoms with Crippen molar-refractivity contribution in [3.63, 3.8) is 0 Å². The molecule has 1 rings (SSSR count). The quantitative estimate of drug-likeness (QED) is 0.477. The first-order valence-corrected chi connectivity index (χ1v) is 7.40. The van der Waals surface area contributed by atoms with Gasteiger partial charge in [0.2, 0.25) is 5.91 Å². The summed E-state index contributed by atoms with van der Waals surface area (Å²) in [6, 6.07) is 3.82. The van der Waals surface area contributed by atoms with E-state index in [1.165, 1.54) is 37.5 Å². The van der Waals surface area contributed by atoms with E-state index in [0.717, 1.165) is 19.3 Å². The van der Waals surface area contributed by atoms with Crippen molar-refractivity contribution in [2.24, 2.45) is 0 Å². The van der Waals surface area contributed by atoms with Gasteiger partial charge in [-0.3, -0.25) is 4.79 Å². The van der Waals surface area contributed by atoms with Gasteiger partial charge < -0.3 is 15.5 Å². The third kappa shape index (κ3) is 6.29. The highest BCUT2D eigenvalue weighted by Crippen LogP contribution is 2.24. The normalized spacial score (nSPS) is 10.3. The first-order chi connectivity index (χ1) is 10.0. The van der Waals surface area contributed by atoms with Crippen molar-refractivity contribution < 1.29 is 19.8 Å². The van der Waals surface area contributed by atoms with Gasteiger partial charge in [0.1, 0.15) is 5.75 Å². The van der Waals surface area contributed by atoms with Crippen molar-refractivity contribution in [3.8, 4) is 5.75 Å². The Morgan fingerprint density at radius 2 is 1.76 bits per heavy atom. The van der Waals surface area contributed by atoms with Gasteiger partial charge >= 0.3 is 5.97 Å². The van der Waals surface area contributed by atoms with Crippen molar-refractivity contribution in [1.82, 2.24) is 0 Å². The second-order valence-electron chi connectivity index (χ2n) is 5.10. The molecule has 0 atom stereocenters. The SMILES string of the molecule is CCCCCCCCC(=O)Nc1cc(C(=O)O)ccc1O. The molecule has 1 aromatic carbocycles. The van der Waals surface area contributed by atoms with Crippen molar-refractivity contribution in [1.29, 1.82) is 0 Å². The number of phenols is 1. The van der Waals surface area contributed by atoms with E-state index >= 15 is 0 Å². The molecule has 0 fully saturated rings. The van der Waals surface area contributed by atoms with E-state index in [1.54, 1.807) is 0 Å². The largest absolute Gasteiger partial charge is 0.506 e. The summed E-state index contributed by atoms with van der Waals surface area (Å²) in [4.78, 5) is 22.6. The van der Waals surface area contributed by atoms with E-state index in [9.17, 15) is 14.7 Å². The fourth-order valence-electron chi connectivity index (χ4n) is 2.05. The Kier molecular flexibility index (Phi) is 7.29. The van der Waals surface area contributed by atoms with E-state index in [-0.39, 0.29) is 22.9 Å². The Bertz CT molecular complexity index is 485. The molecule has 1 amide bonds. The molecule has 0 unspecified atom stereocenters. The highest BCUT2D eigenvalue weighted by atomic mass is 16.4. The maximum absolute atomic E-state index is 11.8. The third-order valence-electron chi connectivity index (χ3n) is 3.27. The third-order valence-corrected chi connectivity index (χ3v) is 3.27. The van der Waals surface area contributed by atoms with Crippen LogP contribution in [0.3, 0.4) is 0 Å². The zero-order valence-corrected chi connectivity index (χ0v) is 12.4. The zero-order chi connectivity index (χ0) is 15.7. The number of amides is 1. The standard InChI is InChI=1S/C16H23NO4/c1-2-3-4-5-6-7-8-15(19)17-13-11-12(16(20)21)9-10-14(13)18/h9-11,18H,2-8H2,1H3,(H,17,19)(H,20,21). The van der Waals surface area contributed by atoms with Crippen LogP contribution in [-0.2, 0) is 4.79 Å². The van der Waals surface area contributed by atoms with Gasteiger partial charge in [-0.05, 0) is 24.6 Å². The van der Waals surface area contributed by atoms with Gasteiger partial charge in [0.05, 0.1) is 11.3 Å². The molecule has 1 aromatic rings. The predicted octanol–water partition coefficient (Wildman–Crippen LogP) is 3.78. The monoisotopic (exact) mass is 293 g/mol. The number of carboxylic acid groups (broad SMARTS) is 1. The average Bonchev–Trinajstić information content (AvgIpc) is 2.44. The number of phenolic OH excluding ortho intramolecular Hbond substituents is 1. The summed E-state index contributed by atoms with van der Waals surface area (Å²) in [7, 11) is 0. The summed E-state index contributed by atoms with van der Waals surface area (Å²) >= 11 is 0. The minimum atomic E-state index is -1.10. The number of carbonyl (C=O) groups excluding carboxylic acids is 1. The van der Waals surface area contributed by atoms with E-state index in [2.05, 4.69) is 12.2 Å². The minimum Gasteiger partial charge on any atom is -0.506 e. The minimum absolute atomic E-state index is 0.0302. The lowest BCUT2D eigenvalue weighted by atomic mass is 10.1. The lowest BCUT2D eigenvalue weighted by Gasteiger charge is -2.08. The van der Waals surface area contributed by atoms with Crippen molar-refractivity contribution in [2.45, 2.75) is 51.9 Å². The lowest BCUT2D eigenvalue weighted by Crippen LogP contribution is -2.12. The number of unbranched alkanes of at least 4 members (excludes halogenated alkanes) is 5. The first-order valence-electron chi connectivity index (χ1n) is 7.40. The molecule has 0 aromatic heterocycles. The molecule has 0 aliphatic carbocycles. The number of aromatic hydroxyl groups is 1. The van der Waals surface area contributed by atoms with Crippen molar-refractivity contribution >= 4 is 17.6 Å². The van der Waals surface area contributed by atoms with Crippen LogP contribution in [0, 0.1) is 0 Å². The summed E-state index contributed by atoms with van der Waals surface area (Å²) < 4.78 is 0. The molecule has 0 heterocycles. The van der Waals surface area contributed by atoms with Gasteiger partial charge in [0, 0.05) is 6.42 Å². The molecular weight excluding hydrogens is 270 g/mol. The maximum atomic E-state index is 11.8. The van der Waals surface area contributed by atoms with Crippen LogP contribution >= 0.6 is 0 Å². The molecular formula is C16H23NO4. The summed E-state index contributed by atoms with van der Waals surface area (Å²) in [5.41, 5.74) is 0.175. The number of hydrogen-bond donors (Lipinski definition) is 3. The Morgan fingerprint density at radius 3 is 2.43 bits per heavy atom. The van der Waals surface area contributed by atoms with Gasteiger partial charge in [0.25, 0.3) is 0 Å². The summed E-state index contributed by atoms with van der Waals surface area (Å²) in [6.07, 6.45) is 6.93. The van der Waals surface area contributed by atoms with E-state index in [0.29, 0.717) is 6.42 Å². The van der Waals surface area contributed by atoms with Crippen LogP contribution in [0.1, 0.15) is 62.2 Å². The van der Waals surface area contributed by atoms with Crippen LogP contribution in [0.25, 0.3) is 0 Å². The van der Waals surface area contributed by atoms with Crippen LogP contribution in [0.5, 0.6) is 5.75 Å². The van der Waals surface area contributed by atoms with Gasteiger partial charge in [-0.1, -0.05) is 39.0 Å². The van der Waals surface area contributed by atoms with Crippen molar-refractivity contribution in [3.05, 3.63) is 23.8 Å². The zero-order valence-electron chi connectivity index (χ0n) is 12.4. The fourth-order valence-corrected chi connectivity index (χ4v) is 2.05. The molecule has 5 heteroatoms. The number of benzene rings is 1. The number of nitrogens with one attached hydrogen (secondary N) is 1. The Labute approximate surface area is 125 Å². The van der Waals surface area contributed by atoms with E-state index in [1.807, 2.05) is 0 Å². The first kappa shape index (κ1) is 17.0. The highest BCUT2D eigenvalue weighted by Gasteiger charge is 2.10. The van der Waals surface area contributed by atoms with Gasteiger partial charge in [-0.2, -0.15) is 0 Å². The molecule has 0 bridgehead atoms. The highest BCUT2D eigenvalue weighted by molar-refractivity contribution is 5.95. The predicted molar refractivity (Wildman–Crippen MR) is 81.7 cm³/mol. The molecule has 3 N–H and O–H groups in total. The molecule has 0 saturated heterocycles. The number of carbonyl (C=O) groups is 2. The van der Waals surface area contributed by atoms with Gasteiger partial charge in [0.15, 0.2) is 0 Å². The molecule has 116 valence electrons. The van der Waals surface area contributed by atoms with E-state index < -0.39 is 5.97 Å². The topological polar surface area (TPSA) is 86.6 Å². The summed E-state index contributed by atoms with van der Waals surface area (Å²) in [6.45, 7) is 2.16. The smallest absolute Gasteiger partial charge is 0.335 e. The molecule has 21 heavy (non-hydrogen) atoms. The number of carboxylic acids is 1. The van der Waals surface area contributed by atoms with Crippen molar-refractivity contribution in [2.75, 3.05) is 5.32 Å². The molecule has 0 saturated carbocycles. The molecule has 0 spiro atoms. The maximum Gasteiger partial charge on any atom is 0.335 e. The van der Waals surface area contributed by atoms with E-state index in [4.69, 9.17) is 5.11 Å². The lowest BCUT2D eigenvalue weighted by molar-refractivity contribution is -0.116. The second kappa shape index (κ2) is 9.00. The van der Waals surface area contributed by atoms with Crippen LogP contribution in [0.15, 0.2) is 18.2 Å². The Morgan fingerprint density at radius 1 is 1.10 bits per heavy atom. The molecule has 0 aliphatic heterocycles. The number of rotatable bonds is 9. The second-order valence-corrected chi connectivity index (χ2v) is 5.10. The number of aromatic carboxylic acids is 1. The van der Waals surface area contributed by atoms with Gasteiger partial charge in [-0.15, -0.1) is 0 Å². The molecule has 0 radical (unpaired) electrons. The Hall–Kier alpha value is -2.04. The van der Waals surface area contributed by atoms with Crippen LogP contribution in [-0.4, -0.2) is 22.1 Å². The number of hydrogen-bond acceptors (Lipinski definition) is 3. The summed E-state index contributed by atoms with van der Waals surface area (Å²) in [5.74, 6) is -1.43. The number of anilines is 1. The summed E-state index contributed by atoms with van der Waals surface area (Å²) in [5, 5.41) is 21.1. The fraction of sp³-hybridized carbons (Fsp3) is 0.500. The van der Waals surface area contributed by atoms with Gasteiger partial charge in [-0.25, -0.2) is 4.79 Å². The Balaban J connectivity index is 2.40. The van der Waals surface area contributed by atoms with Crippen LogP contribution in [0.2, 0.25) is 0 Å². The molecule has 5 nitrogen and oxygen atoms in total. The van der Waals surface area contributed by atoms with Crippen LogP contribution in [0.4, 0.5) is 5.69 Å². The van der Waals surface area contributed by atoms with Crippen LogP contribution < -0.4 is 5.32 Å². The molecule has 0 aliphatic rings.